The molecule has 0 aliphatic rings. The predicted octanol–water partition coefficient (Wildman–Crippen LogP) is 2.34. The van der Waals surface area contributed by atoms with Crippen LogP contribution in [0.2, 0.25) is 0 Å². The van der Waals surface area contributed by atoms with Crippen LogP contribution in [0, 0.1) is 0 Å². The van der Waals surface area contributed by atoms with Crippen LogP contribution < -0.4 is 5.32 Å². The van der Waals surface area contributed by atoms with E-state index < -0.39 is 0 Å². The smallest absolute Gasteiger partial charge is 0.223 e. The van der Waals surface area contributed by atoms with Gasteiger partial charge in [0.2, 0.25) is 5.91 Å². The van der Waals surface area contributed by atoms with Crippen LogP contribution in [-0.4, -0.2) is 62.9 Å². The van der Waals surface area contributed by atoms with Crippen LogP contribution in [-0.2, 0) is 4.79 Å². The van der Waals surface area contributed by atoms with E-state index in [9.17, 15) is 4.79 Å². The van der Waals surface area contributed by atoms with E-state index in [4.69, 9.17) is 0 Å². The van der Waals surface area contributed by atoms with Crippen LogP contribution in [0.4, 0.5) is 0 Å². The van der Waals surface area contributed by atoms with Gasteiger partial charge in [-0.3, -0.25) is 9.79 Å². The normalized spacial score (nSPS) is 10.6. The Morgan fingerprint density at radius 2 is 1.90 bits per heavy atom. The molecule has 0 heterocycles. The molecule has 0 spiro atoms. The van der Waals surface area contributed by atoms with Gasteiger partial charge in [-0.1, -0.05) is 12.5 Å². The molecule has 0 aromatic heterocycles. The van der Waals surface area contributed by atoms with Crippen LogP contribution >= 0.6 is 24.0 Å². The van der Waals surface area contributed by atoms with E-state index in [1.165, 1.54) is 12.8 Å². The number of aliphatic imine (C=N–C) groups is 1. The van der Waals surface area contributed by atoms with Crippen molar-refractivity contribution in [3.63, 3.8) is 0 Å². The molecule has 5 nitrogen and oxygen atoms in total. The number of guanidine groups is 1. The molecule has 1 N–H and O–H groups in total. The molecule has 21 heavy (non-hydrogen) atoms. The van der Waals surface area contributed by atoms with Crippen LogP contribution in [0.5, 0.6) is 0 Å². The van der Waals surface area contributed by atoms with Crippen molar-refractivity contribution in [3.8, 4) is 0 Å². The van der Waals surface area contributed by atoms with Crippen molar-refractivity contribution in [2.75, 3.05) is 41.3 Å². The van der Waals surface area contributed by atoms with Crippen LogP contribution in [0.25, 0.3) is 0 Å². The van der Waals surface area contributed by atoms with Gasteiger partial charge in [0.1, 0.15) is 0 Å². The topological polar surface area (TPSA) is 47.9 Å². The maximum atomic E-state index is 11.5. The van der Waals surface area contributed by atoms with Gasteiger partial charge in [-0.2, -0.15) is 0 Å². The number of hydrogen-bond acceptors (Lipinski definition) is 2. The number of halogens is 1. The summed E-state index contributed by atoms with van der Waals surface area (Å²) in [4.78, 5) is 19.4. The van der Waals surface area contributed by atoms with Crippen LogP contribution in [0.1, 0.15) is 32.1 Å². The second-order valence-corrected chi connectivity index (χ2v) is 5.07. The minimum absolute atomic E-state index is 0. The van der Waals surface area contributed by atoms with E-state index in [1.54, 1.807) is 26.0 Å². The molecule has 0 fully saturated rings. The van der Waals surface area contributed by atoms with Crippen molar-refractivity contribution in [2.24, 2.45) is 4.99 Å². The molecule has 124 valence electrons. The van der Waals surface area contributed by atoms with E-state index in [0.29, 0.717) is 13.0 Å². The number of nitrogens with zero attached hydrogens (tertiary/aromatic N) is 3. The zero-order valence-corrected chi connectivity index (χ0v) is 16.2. The molecule has 0 aliphatic carbocycles. The lowest BCUT2D eigenvalue weighted by molar-refractivity contribution is -0.128. The number of rotatable bonds is 9. The average molecular weight is 410 g/mol. The Morgan fingerprint density at radius 3 is 2.43 bits per heavy atom. The number of amides is 1. The highest BCUT2D eigenvalue weighted by atomic mass is 127. The van der Waals surface area contributed by atoms with Gasteiger partial charge in [-0.15, -0.1) is 30.6 Å². The Morgan fingerprint density at radius 1 is 1.24 bits per heavy atom. The van der Waals surface area contributed by atoms with E-state index in [-0.39, 0.29) is 29.9 Å². The van der Waals surface area contributed by atoms with Crippen molar-refractivity contribution in [1.82, 2.24) is 15.1 Å². The van der Waals surface area contributed by atoms with Gasteiger partial charge < -0.3 is 15.1 Å². The Bertz CT molecular complexity index is 319. The van der Waals surface area contributed by atoms with Gasteiger partial charge in [0.25, 0.3) is 0 Å². The first-order valence-corrected chi connectivity index (χ1v) is 7.25. The number of carbonyl (C=O) groups excluding carboxylic acids is 1. The second-order valence-electron chi connectivity index (χ2n) is 5.07. The Kier molecular flexibility index (Phi) is 15.2. The van der Waals surface area contributed by atoms with E-state index in [1.807, 2.05) is 13.1 Å². The quantitative estimate of drug-likeness (QED) is 0.209. The zero-order valence-electron chi connectivity index (χ0n) is 13.9. The number of hydrogen-bond donors (Lipinski definition) is 1. The summed E-state index contributed by atoms with van der Waals surface area (Å²) in [7, 11) is 7.33. The van der Waals surface area contributed by atoms with E-state index >= 15 is 0 Å². The predicted molar refractivity (Wildman–Crippen MR) is 101 cm³/mol. The molecule has 0 aromatic carbocycles. The summed E-state index contributed by atoms with van der Waals surface area (Å²) in [5.41, 5.74) is 0. The third-order valence-corrected chi connectivity index (χ3v) is 3.10. The third-order valence-electron chi connectivity index (χ3n) is 3.10. The van der Waals surface area contributed by atoms with E-state index in [2.05, 4.69) is 21.8 Å². The minimum atomic E-state index is 0. The lowest BCUT2D eigenvalue weighted by atomic mass is 10.2. The Balaban J connectivity index is 0. The number of nitrogens with one attached hydrogen (secondary N) is 1. The number of carbonyl (C=O) groups is 1. The van der Waals surface area contributed by atoms with Crippen molar-refractivity contribution in [1.29, 1.82) is 0 Å². The van der Waals surface area contributed by atoms with Gasteiger partial charge in [0.05, 0.1) is 0 Å². The standard InChI is InChI=1S/C15H30N4O.HI/c1-6-7-8-9-10-13-19(5)15(16-2)17-12-11-14(20)18(3)4;/h6H,1,7-13H2,2-5H3,(H,16,17);1H. The molecule has 0 aromatic rings. The molecule has 0 unspecified atom stereocenters. The fourth-order valence-corrected chi connectivity index (χ4v) is 1.81. The molecular weight excluding hydrogens is 379 g/mol. The summed E-state index contributed by atoms with van der Waals surface area (Å²) in [6, 6.07) is 0. The van der Waals surface area contributed by atoms with Gasteiger partial charge in [-0.25, -0.2) is 0 Å². The number of allylic oxidation sites excluding steroid dienone is 1. The first kappa shape index (κ1) is 22.5. The lowest BCUT2D eigenvalue weighted by Crippen LogP contribution is -2.40. The molecule has 0 atom stereocenters. The highest BCUT2D eigenvalue weighted by Gasteiger charge is 2.07. The molecule has 0 bridgehead atoms. The maximum Gasteiger partial charge on any atom is 0.223 e. The molecule has 6 heteroatoms. The SMILES string of the molecule is C=CCCCCCN(C)C(=NC)NCCC(=O)N(C)C.I. The second kappa shape index (κ2) is 14.2. The van der Waals surface area contributed by atoms with Gasteiger partial charge >= 0.3 is 0 Å². The first-order chi connectivity index (χ1) is 9.52. The third kappa shape index (κ3) is 11.5. The van der Waals surface area contributed by atoms with Crippen molar-refractivity contribution >= 4 is 35.8 Å². The molecule has 0 saturated heterocycles. The largest absolute Gasteiger partial charge is 0.356 e. The highest BCUT2D eigenvalue weighted by molar-refractivity contribution is 14.0. The Hall–Kier alpha value is -0.790. The summed E-state index contributed by atoms with van der Waals surface area (Å²) in [6.07, 6.45) is 7.07. The highest BCUT2D eigenvalue weighted by Crippen LogP contribution is 2.01. The average Bonchev–Trinajstić information content (AvgIpc) is 2.42. The molecular formula is C15H31IN4O. The summed E-state index contributed by atoms with van der Waals surface area (Å²) in [5.74, 6) is 0.973. The van der Waals surface area contributed by atoms with Crippen LogP contribution in [0.15, 0.2) is 17.6 Å². The molecule has 0 saturated carbocycles. The van der Waals surface area contributed by atoms with Gasteiger partial charge in [0, 0.05) is 47.7 Å². The zero-order chi connectivity index (χ0) is 15.4. The maximum absolute atomic E-state index is 11.5. The summed E-state index contributed by atoms with van der Waals surface area (Å²) in [5, 5.41) is 3.22. The van der Waals surface area contributed by atoms with Crippen molar-refractivity contribution in [2.45, 2.75) is 32.1 Å². The first-order valence-electron chi connectivity index (χ1n) is 7.25. The molecule has 0 radical (unpaired) electrons. The Labute approximate surface area is 146 Å². The lowest BCUT2D eigenvalue weighted by Gasteiger charge is -2.22. The summed E-state index contributed by atoms with van der Waals surface area (Å²) in [6.45, 7) is 5.31. The molecule has 0 aliphatic heterocycles. The summed E-state index contributed by atoms with van der Waals surface area (Å²) >= 11 is 0. The van der Waals surface area contributed by atoms with Gasteiger partial charge in [-0.05, 0) is 19.3 Å². The molecule has 0 rings (SSSR count). The molecule has 1 amide bonds. The van der Waals surface area contributed by atoms with Crippen molar-refractivity contribution in [3.05, 3.63) is 12.7 Å². The fourth-order valence-electron chi connectivity index (χ4n) is 1.81. The fraction of sp³-hybridized carbons (Fsp3) is 0.733. The van der Waals surface area contributed by atoms with E-state index in [0.717, 1.165) is 25.3 Å². The number of unbranched alkanes of at least 4 members (excludes halogenated alkanes) is 3. The monoisotopic (exact) mass is 410 g/mol. The summed E-state index contributed by atoms with van der Waals surface area (Å²) < 4.78 is 0. The minimum Gasteiger partial charge on any atom is -0.356 e. The van der Waals surface area contributed by atoms with Crippen molar-refractivity contribution < 1.29 is 4.79 Å². The van der Waals surface area contributed by atoms with Crippen LogP contribution in [0.3, 0.4) is 0 Å². The van der Waals surface area contributed by atoms with Gasteiger partial charge in [0.15, 0.2) is 5.96 Å².